The summed E-state index contributed by atoms with van der Waals surface area (Å²) in [7, 11) is 1.56. The van der Waals surface area contributed by atoms with Crippen molar-refractivity contribution >= 4 is 17.6 Å². The van der Waals surface area contributed by atoms with Crippen molar-refractivity contribution < 1.29 is 14.3 Å². The number of carbonyl (C=O) groups excluding carboxylic acids is 2. The quantitative estimate of drug-likeness (QED) is 0.839. The van der Waals surface area contributed by atoms with Crippen LogP contribution in [0, 0.1) is 0 Å². The van der Waals surface area contributed by atoms with E-state index in [1.165, 1.54) is 6.92 Å². The van der Waals surface area contributed by atoms with Gasteiger partial charge in [0.25, 0.3) is 0 Å². The van der Waals surface area contributed by atoms with Gasteiger partial charge in [0.15, 0.2) is 0 Å². The Labute approximate surface area is 125 Å². The van der Waals surface area contributed by atoms with Crippen molar-refractivity contribution in [1.29, 1.82) is 0 Å². The van der Waals surface area contributed by atoms with Crippen LogP contribution in [0.15, 0.2) is 24.3 Å². The summed E-state index contributed by atoms with van der Waals surface area (Å²) in [5, 5.41) is 5.45. The van der Waals surface area contributed by atoms with E-state index in [0.717, 1.165) is 0 Å². The molecule has 2 N–H and O–H groups in total. The van der Waals surface area contributed by atoms with E-state index in [9.17, 15) is 9.59 Å². The molecule has 6 nitrogen and oxygen atoms in total. The standard InChI is InChI=1S/C15H23N3O3/c1-11(2)17-15(20)16-9-10-18(12(3)19)13-7-5-6-8-14(13)21-4/h5-8,11H,9-10H2,1-4H3,(H2,16,17,20). The van der Waals surface area contributed by atoms with E-state index >= 15 is 0 Å². The molecule has 0 aliphatic rings. The molecule has 0 aromatic heterocycles. The molecule has 3 amide bonds. The van der Waals surface area contributed by atoms with Crippen LogP contribution in [-0.4, -0.2) is 38.2 Å². The van der Waals surface area contributed by atoms with Crippen molar-refractivity contribution in [2.45, 2.75) is 26.8 Å². The fourth-order valence-corrected chi connectivity index (χ4v) is 1.89. The minimum Gasteiger partial charge on any atom is -0.495 e. The Kier molecular flexibility index (Phi) is 6.52. The Hall–Kier alpha value is -2.24. The number of hydrogen-bond acceptors (Lipinski definition) is 3. The van der Waals surface area contributed by atoms with Crippen molar-refractivity contribution in [3.05, 3.63) is 24.3 Å². The molecule has 0 radical (unpaired) electrons. The Morgan fingerprint density at radius 1 is 1.29 bits per heavy atom. The highest BCUT2D eigenvalue weighted by Crippen LogP contribution is 2.27. The molecule has 0 saturated heterocycles. The lowest BCUT2D eigenvalue weighted by Gasteiger charge is -2.23. The number of anilines is 1. The molecule has 0 fully saturated rings. The molecule has 21 heavy (non-hydrogen) atoms. The molecule has 6 heteroatoms. The van der Waals surface area contributed by atoms with Gasteiger partial charge in [-0.3, -0.25) is 4.79 Å². The normalized spacial score (nSPS) is 10.1. The molecule has 0 aliphatic heterocycles. The number of amides is 3. The van der Waals surface area contributed by atoms with Crippen LogP contribution in [-0.2, 0) is 4.79 Å². The summed E-state index contributed by atoms with van der Waals surface area (Å²) in [4.78, 5) is 24.9. The number of rotatable bonds is 6. The summed E-state index contributed by atoms with van der Waals surface area (Å²) in [6, 6.07) is 7.12. The minimum absolute atomic E-state index is 0.0723. The number of methoxy groups -OCH3 is 1. The Morgan fingerprint density at radius 3 is 2.52 bits per heavy atom. The number of urea groups is 1. The number of benzene rings is 1. The second-order valence-electron chi connectivity index (χ2n) is 4.90. The smallest absolute Gasteiger partial charge is 0.315 e. The van der Waals surface area contributed by atoms with Gasteiger partial charge >= 0.3 is 6.03 Å². The van der Waals surface area contributed by atoms with Crippen molar-refractivity contribution in [3.63, 3.8) is 0 Å². The van der Waals surface area contributed by atoms with Gasteiger partial charge < -0.3 is 20.3 Å². The molecule has 1 rings (SSSR count). The molecule has 0 saturated carbocycles. The zero-order valence-corrected chi connectivity index (χ0v) is 13.0. The maximum absolute atomic E-state index is 11.8. The molecule has 1 aromatic carbocycles. The Morgan fingerprint density at radius 2 is 1.95 bits per heavy atom. The van der Waals surface area contributed by atoms with Crippen molar-refractivity contribution in [2.75, 3.05) is 25.1 Å². The van der Waals surface area contributed by atoms with Crippen LogP contribution < -0.4 is 20.3 Å². The first-order chi connectivity index (χ1) is 9.95. The third-order valence-electron chi connectivity index (χ3n) is 2.80. The highest BCUT2D eigenvalue weighted by molar-refractivity contribution is 5.93. The van der Waals surface area contributed by atoms with E-state index in [1.54, 1.807) is 18.1 Å². The van der Waals surface area contributed by atoms with E-state index in [1.807, 2.05) is 32.0 Å². The topological polar surface area (TPSA) is 70.7 Å². The predicted octanol–water partition coefficient (Wildman–Crippen LogP) is 1.76. The Bertz CT molecular complexity index is 489. The van der Waals surface area contributed by atoms with E-state index in [2.05, 4.69) is 10.6 Å². The molecular formula is C15H23N3O3. The van der Waals surface area contributed by atoms with Crippen molar-refractivity contribution in [1.82, 2.24) is 10.6 Å². The SMILES string of the molecule is COc1ccccc1N(CCNC(=O)NC(C)C)C(C)=O. The van der Waals surface area contributed by atoms with Crippen LogP contribution in [0.3, 0.4) is 0 Å². The average molecular weight is 293 g/mol. The van der Waals surface area contributed by atoms with E-state index in [0.29, 0.717) is 24.5 Å². The first-order valence-electron chi connectivity index (χ1n) is 6.91. The van der Waals surface area contributed by atoms with Gasteiger partial charge in [0.05, 0.1) is 12.8 Å². The number of carbonyl (C=O) groups is 2. The fraction of sp³-hybridized carbons (Fsp3) is 0.467. The van der Waals surface area contributed by atoms with Crippen LogP contribution in [0.25, 0.3) is 0 Å². The van der Waals surface area contributed by atoms with Crippen molar-refractivity contribution in [3.8, 4) is 5.75 Å². The summed E-state index contributed by atoms with van der Waals surface area (Å²) < 4.78 is 5.26. The van der Waals surface area contributed by atoms with E-state index in [-0.39, 0.29) is 18.0 Å². The number of hydrogen-bond donors (Lipinski definition) is 2. The second kappa shape index (κ2) is 8.14. The highest BCUT2D eigenvalue weighted by atomic mass is 16.5. The van der Waals surface area contributed by atoms with Crippen LogP contribution in [0.2, 0.25) is 0 Å². The van der Waals surface area contributed by atoms with Crippen LogP contribution >= 0.6 is 0 Å². The predicted molar refractivity (Wildman–Crippen MR) is 82.7 cm³/mol. The van der Waals surface area contributed by atoms with Gasteiger partial charge in [0, 0.05) is 26.1 Å². The molecule has 0 unspecified atom stereocenters. The molecule has 0 bridgehead atoms. The van der Waals surface area contributed by atoms with Gasteiger partial charge in [-0.15, -0.1) is 0 Å². The van der Waals surface area contributed by atoms with Crippen LogP contribution in [0.1, 0.15) is 20.8 Å². The molecule has 1 aromatic rings. The van der Waals surface area contributed by atoms with Crippen LogP contribution in [0.5, 0.6) is 5.75 Å². The number of nitrogens with one attached hydrogen (secondary N) is 2. The minimum atomic E-state index is -0.242. The maximum atomic E-state index is 11.8. The zero-order chi connectivity index (χ0) is 15.8. The molecule has 0 atom stereocenters. The average Bonchev–Trinajstić information content (AvgIpc) is 2.42. The second-order valence-corrected chi connectivity index (χ2v) is 4.90. The van der Waals surface area contributed by atoms with Gasteiger partial charge in [-0.1, -0.05) is 12.1 Å². The summed E-state index contributed by atoms with van der Waals surface area (Å²) in [6.07, 6.45) is 0. The maximum Gasteiger partial charge on any atom is 0.315 e. The Balaban J connectivity index is 2.67. The highest BCUT2D eigenvalue weighted by Gasteiger charge is 2.15. The summed E-state index contributed by atoms with van der Waals surface area (Å²) in [6.45, 7) is 5.99. The first kappa shape index (κ1) is 16.8. The lowest BCUT2D eigenvalue weighted by atomic mass is 10.2. The molecular weight excluding hydrogens is 270 g/mol. The number of nitrogens with zero attached hydrogens (tertiary/aromatic N) is 1. The lowest BCUT2D eigenvalue weighted by Crippen LogP contribution is -2.43. The molecule has 0 spiro atoms. The molecule has 116 valence electrons. The third kappa shape index (κ3) is 5.33. The van der Waals surface area contributed by atoms with Gasteiger partial charge in [-0.25, -0.2) is 4.79 Å². The summed E-state index contributed by atoms with van der Waals surface area (Å²) >= 11 is 0. The molecule has 0 aliphatic carbocycles. The van der Waals surface area contributed by atoms with Gasteiger partial charge in [0.2, 0.25) is 5.91 Å². The monoisotopic (exact) mass is 293 g/mol. The van der Waals surface area contributed by atoms with Gasteiger partial charge in [-0.05, 0) is 26.0 Å². The van der Waals surface area contributed by atoms with Crippen LogP contribution in [0.4, 0.5) is 10.5 Å². The third-order valence-corrected chi connectivity index (χ3v) is 2.80. The van der Waals surface area contributed by atoms with Gasteiger partial charge in [-0.2, -0.15) is 0 Å². The fourth-order valence-electron chi connectivity index (χ4n) is 1.89. The van der Waals surface area contributed by atoms with Gasteiger partial charge in [0.1, 0.15) is 5.75 Å². The number of ether oxygens (including phenoxy) is 1. The summed E-state index contributed by atoms with van der Waals surface area (Å²) in [5.41, 5.74) is 0.693. The number of para-hydroxylation sites is 2. The molecule has 0 heterocycles. The largest absolute Gasteiger partial charge is 0.495 e. The summed E-state index contributed by atoms with van der Waals surface area (Å²) in [5.74, 6) is 0.518. The van der Waals surface area contributed by atoms with E-state index in [4.69, 9.17) is 4.74 Å². The van der Waals surface area contributed by atoms with E-state index < -0.39 is 0 Å². The van der Waals surface area contributed by atoms with Crippen molar-refractivity contribution in [2.24, 2.45) is 0 Å². The lowest BCUT2D eigenvalue weighted by molar-refractivity contribution is -0.116. The zero-order valence-electron chi connectivity index (χ0n) is 13.0. The first-order valence-corrected chi connectivity index (χ1v) is 6.91.